The number of thiophene rings is 1. The Bertz CT molecular complexity index is 1070. The average Bonchev–Trinajstić information content (AvgIpc) is 3.54. The molecule has 2 amide bonds. The highest BCUT2D eigenvalue weighted by Gasteiger charge is 2.37. The van der Waals surface area contributed by atoms with E-state index < -0.39 is 0 Å². The summed E-state index contributed by atoms with van der Waals surface area (Å²) in [5.74, 6) is 0.515. The molecule has 0 spiro atoms. The lowest BCUT2D eigenvalue weighted by molar-refractivity contribution is -0.142. The Morgan fingerprint density at radius 1 is 1.23 bits per heavy atom. The smallest absolute Gasteiger partial charge is 0.264 e. The summed E-state index contributed by atoms with van der Waals surface area (Å²) in [6.45, 7) is 4.05. The number of aromatic nitrogens is 2. The number of aryl methyl sites for hydroxylation is 1. The molecule has 2 fully saturated rings. The van der Waals surface area contributed by atoms with Crippen molar-refractivity contribution in [2.75, 3.05) is 19.7 Å². The van der Waals surface area contributed by atoms with E-state index in [9.17, 15) is 14.4 Å². The number of aromatic amines is 1. The Labute approximate surface area is 184 Å². The molecular weight excluding hydrogens is 416 g/mol. The number of hydrogen-bond donors (Lipinski definition) is 1. The van der Waals surface area contributed by atoms with Gasteiger partial charge in [-0.05, 0) is 44.7 Å². The van der Waals surface area contributed by atoms with Crippen LogP contribution >= 0.6 is 11.3 Å². The zero-order chi connectivity index (χ0) is 21.5. The van der Waals surface area contributed by atoms with Crippen LogP contribution in [0.25, 0.3) is 0 Å². The van der Waals surface area contributed by atoms with E-state index in [0.29, 0.717) is 42.4 Å². The number of nitrogens with zero attached hydrogens (tertiary/aromatic N) is 3. The van der Waals surface area contributed by atoms with Gasteiger partial charge in [-0.15, -0.1) is 11.3 Å². The highest BCUT2D eigenvalue weighted by atomic mass is 32.1. The van der Waals surface area contributed by atoms with Gasteiger partial charge >= 0.3 is 0 Å². The fourth-order valence-electron chi connectivity index (χ4n) is 4.75. The highest BCUT2D eigenvalue weighted by molar-refractivity contribution is 7.13. The molecule has 2 aromatic heterocycles. The summed E-state index contributed by atoms with van der Waals surface area (Å²) in [6.07, 6.45) is 3.49. The SMILES string of the molecule is Cc1ccc(C(=O)N2CCc3nc([C@@H]4CCCN4C(=O)[C@H]4CCCO4)[nH]c(=O)c3C2)s1. The van der Waals surface area contributed by atoms with Crippen molar-refractivity contribution in [2.24, 2.45) is 0 Å². The average molecular weight is 443 g/mol. The topological polar surface area (TPSA) is 95.6 Å². The third kappa shape index (κ3) is 3.80. The van der Waals surface area contributed by atoms with Crippen molar-refractivity contribution in [1.29, 1.82) is 0 Å². The maximum absolute atomic E-state index is 12.9. The molecule has 5 rings (SSSR count). The van der Waals surface area contributed by atoms with Gasteiger partial charge in [0.1, 0.15) is 11.9 Å². The molecule has 2 aromatic rings. The molecule has 8 nitrogen and oxygen atoms in total. The third-order valence-corrected chi connectivity index (χ3v) is 7.37. The molecule has 0 saturated carbocycles. The summed E-state index contributed by atoms with van der Waals surface area (Å²) in [7, 11) is 0. The Morgan fingerprint density at radius 3 is 2.84 bits per heavy atom. The first kappa shape index (κ1) is 20.4. The first-order valence-electron chi connectivity index (χ1n) is 10.9. The molecule has 3 aliphatic heterocycles. The monoisotopic (exact) mass is 442 g/mol. The van der Waals surface area contributed by atoms with Gasteiger partial charge in [-0.25, -0.2) is 4.98 Å². The molecule has 0 bridgehead atoms. The quantitative estimate of drug-likeness (QED) is 0.786. The summed E-state index contributed by atoms with van der Waals surface area (Å²) in [4.78, 5) is 51.6. The molecule has 0 aromatic carbocycles. The van der Waals surface area contributed by atoms with E-state index in [-0.39, 0.29) is 36.1 Å². The van der Waals surface area contributed by atoms with Gasteiger partial charge in [0, 0.05) is 31.0 Å². The standard InChI is InChI=1S/C22H26N4O4S/c1-13-6-7-18(31-13)22(29)25-10-8-15-14(12-25)20(27)24-19(23-15)16-4-2-9-26(16)21(28)17-5-3-11-30-17/h6-7,16-17H,2-5,8-12H2,1H3,(H,23,24,27)/t16-,17+/m0/s1. The van der Waals surface area contributed by atoms with E-state index in [4.69, 9.17) is 9.72 Å². The normalized spacial score (nSPS) is 23.3. The van der Waals surface area contributed by atoms with E-state index in [1.165, 1.54) is 11.3 Å². The molecule has 0 radical (unpaired) electrons. The Hall–Kier alpha value is -2.52. The van der Waals surface area contributed by atoms with Gasteiger partial charge in [-0.1, -0.05) is 0 Å². The molecule has 31 heavy (non-hydrogen) atoms. The minimum atomic E-state index is -0.370. The zero-order valence-corrected chi connectivity index (χ0v) is 18.4. The van der Waals surface area contributed by atoms with E-state index in [1.807, 2.05) is 24.0 Å². The number of nitrogens with one attached hydrogen (secondary N) is 1. The Kier molecular flexibility index (Phi) is 5.39. The van der Waals surface area contributed by atoms with Gasteiger partial charge in [0.15, 0.2) is 0 Å². The van der Waals surface area contributed by atoms with Crippen LogP contribution in [0, 0.1) is 6.92 Å². The van der Waals surface area contributed by atoms with Crippen LogP contribution in [0.5, 0.6) is 0 Å². The van der Waals surface area contributed by atoms with Gasteiger partial charge in [0.2, 0.25) is 0 Å². The number of fused-ring (bicyclic) bond motifs is 1. The minimum Gasteiger partial charge on any atom is -0.368 e. The van der Waals surface area contributed by atoms with Crippen molar-refractivity contribution in [2.45, 2.75) is 57.7 Å². The lowest BCUT2D eigenvalue weighted by Crippen LogP contribution is -2.41. The lowest BCUT2D eigenvalue weighted by atomic mass is 10.1. The van der Waals surface area contributed by atoms with Crippen LogP contribution in [0.4, 0.5) is 0 Å². The molecule has 2 saturated heterocycles. The molecule has 1 N–H and O–H groups in total. The molecule has 0 aliphatic carbocycles. The number of hydrogen-bond acceptors (Lipinski definition) is 6. The summed E-state index contributed by atoms with van der Waals surface area (Å²) in [6, 6.07) is 3.55. The molecule has 5 heterocycles. The van der Waals surface area contributed by atoms with Crippen LogP contribution in [0.2, 0.25) is 0 Å². The summed E-state index contributed by atoms with van der Waals surface area (Å²) >= 11 is 1.47. The summed E-state index contributed by atoms with van der Waals surface area (Å²) in [5, 5.41) is 0. The molecule has 2 atom stereocenters. The predicted molar refractivity (Wildman–Crippen MR) is 115 cm³/mol. The van der Waals surface area contributed by atoms with Crippen LogP contribution in [-0.4, -0.2) is 57.4 Å². The third-order valence-electron chi connectivity index (χ3n) is 6.38. The second-order valence-corrected chi connectivity index (χ2v) is 9.74. The van der Waals surface area contributed by atoms with E-state index in [2.05, 4.69) is 4.98 Å². The lowest BCUT2D eigenvalue weighted by Gasteiger charge is -2.29. The molecule has 164 valence electrons. The Balaban J connectivity index is 1.37. The van der Waals surface area contributed by atoms with E-state index in [1.54, 1.807) is 4.90 Å². The van der Waals surface area contributed by atoms with Crippen LogP contribution in [-0.2, 0) is 22.5 Å². The maximum atomic E-state index is 12.9. The van der Waals surface area contributed by atoms with Crippen molar-refractivity contribution in [3.63, 3.8) is 0 Å². The Morgan fingerprint density at radius 2 is 2.10 bits per heavy atom. The minimum absolute atomic E-state index is 0.00313. The first-order chi connectivity index (χ1) is 15.0. The van der Waals surface area contributed by atoms with Gasteiger partial charge in [0.05, 0.1) is 28.7 Å². The van der Waals surface area contributed by atoms with Crippen molar-refractivity contribution < 1.29 is 14.3 Å². The molecule has 3 aliphatic rings. The number of rotatable bonds is 3. The number of amides is 2. The largest absolute Gasteiger partial charge is 0.368 e. The number of carbonyl (C=O) groups excluding carboxylic acids is 2. The van der Waals surface area contributed by atoms with Gasteiger partial charge < -0.3 is 19.5 Å². The van der Waals surface area contributed by atoms with Crippen LogP contribution in [0.3, 0.4) is 0 Å². The number of H-pyrrole nitrogens is 1. The molecule has 0 unspecified atom stereocenters. The fraction of sp³-hybridized carbons (Fsp3) is 0.545. The second-order valence-electron chi connectivity index (χ2n) is 8.45. The predicted octanol–water partition coefficient (Wildman–Crippen LogP) is 2.18. The van der Waals surface area contributed by atoms with Crippen molar-refractivity contribution >= 4 is 23.2 Å². The van der Waals surface area contributed by atoms with Crippen molar-refractivity contribution in [3.8, 4) is 0 Å². The first-order valence-corrected chi connectivity index (χ1v) is 11.7. The summed E-state index contributed by atoms with van der Waals surface area (Å²) in [5.41, 5.74) is 1.07. The maximum Gasteiger partial charge on any atom is 0.264 e. The van der Waals surface area contributed by atoms with Crippen LogP contribution < -0.4 is 5.56 Å². The van der Waals surface area contributed by atoms with Gasteiger partial charge in [-0.2, -0.15) is 0 Å². The van der Waals surface area contributed by atoms with Crippen molar-refractivity contribution in [1.82, 2.24) is 19.8 Å². The van der Waals surface area contributed by atoms with Gasteiger partial charge in [0.25, 0.3) is 17.4 Å². The fourth-order valence-corrected chi connectivity index (χ4v) is 5.59. The van der Waals surface area contributed by atoms with E-state index in [0.717, 1.165) is 36.3 Å². The van der Waals surface area contributed by atoms with Gasteiger partial charge in [-0.3, -0.25) is 14.4 Å². The van der Waals surface area contributed by atoms with Crippen LogP contribution in [0.15, 0.2) is 16.9 Å². The zero-order valence-electron chi connectivity index (χ0n) is 17.6. The summed E-state index contributed by atoms with van der Waals surface area (Å²) < 4.78 is 5.58. The number of carbonyl (C=O) groups is 2. The molecular formula is C22H26N4O4S. The number of likely N-dealkylation sites (tertiary alicyclic amines) is 1. The van der Waals surface area contributed by atoms with Crippen molar-refractivity contribution in [3.05, 3.63) is 49.3 Å². The van der Waals surface area contributed by atoms with E-state index >= 15 is 0 Å². The molecule has 9 heteroatoms. The van der Waals surface area contributed by atoms with Crippen LogP contribution in [0.1, 0.15) is 63.4 Å². The second kappa shape index (κ2) is 8.20. The highest BCUT2D eigenvalue weighted by Crippen LogP contribution is 2.32. The number of ether oxygens (including phenoxy) is 1.